The third kappa shape index (κ3) is 4.78. The number of rotatable bonds is 7. The van der Waals surface area contributed by atoms with Gasteiger partial charge in [0, 0.05) is 44.5 Å². The summed E-state index contributed by atoms with van der Waals surface area (Å²) in [6, 6.07) is 12.8. The number of likely N-dealkylation sites (tertiary alicyclic amines) is 1. The van der Waals surface area contributed by atoms with E-state index in [1.165, 1.54) is 58.5 Å². The molecule has 0 saturated carbocycles. The second-order valence-corrected chi connectivity index (χ2v) is 10.8. The maximum absolute atomic E-state index is 14.6. The normalized spacial score (nSPS) is 15.8. The third-order valence-corrected chi connectivity index (χ3v) is 7.92. The highest BCUT2D eigenvalue weighted by Gasteiger charge is 2.35. The number of amides is 2. The highest BCUT2D eigenvalue weighted by Crippen LogP contribution is 2.30. The quantitative estimate of drug-likeness (QED) is 0.526. The van der Waals surface area contributed by atoms with Crippen molar-refractivity contribution in [2.45, 2.75) is 30.3 Å². The number of carbonyl (C=O) groups is 2. The number of benzene rings is 2. The smallest absolute Gasteiger partial charge is 0.268 e. The van der Waals surface area contributed by atoms with Crippen LogP contribution in [0, 0.1) is 5.82 Å². The minimum atomic E-state index is -4.18. The number of likely N-dealkylation sites (N-methyl/N-ethyl adjacent to an activating group) is 1. The molecule has 10 heteroatoms. The van der Waals surface area contributed by atoms with Crippen LogP contribution in [0.2, 0.25) is 0 Å². The number of nitrogens with one attached hydrogen (secondary N) is 1. The molecule has 1 aromatic heterocycles. The van der Waals surface area contributed by atoms with E-state index in [9.17, 15) is 22.4 Å². The maximum atomic E-state index is 14.6. The van der Waals surface area contributed by atoms with Crippen LogP contribution in [0.15, 0.2) is 65.7 Å². The minimum absolute atomic E-state index is 0.104. The number of carbonyl (C=O) groups excluding carboxylic acids is 2. The SMILES string of the molecule is CNCc1cc(-c2ccccc2F)n(S(=O)(=O)c2cccc(C(=O)N3CCC[C@H]3C(=O)N(C)C)c2)c1. The largest absolute Gasteiger partial charge is 0.347 e. The van der Waals surface area contributed by atoms with Gasteiger partial charge in [-0.05, 0) is 61.9 Å². The topological polar surface area (TPSA) is 91.7 Å². The Labute approximate surface area is 210 Å². The summed E-state index contributed by atoms with van der Waals surface area (Å²) in [5.74, 6) is -1.11. The van der Waals surface area contributed by atoms with Gasteiger partial charge in [0.1, 0.15) is 11.9 Å². The zero-order chi connectivity index (χ0) is 26.0. The Morgan fingerprint density at radius 3 is 2.56 bits per heavy atom. The second kappa shape index (κ2) is 10.2. The van der Waals surface area contributed by atoms with Gasteiger partial charge in [-0.3, -0.25) is 9.59 Å². The zero-order valence-corrected chi connectivity index (χ0v) is 21.3. The molecule has 4 rings (SSSR count). The molecule has 2 heterocycles. The fourth-order valence-electron chi connectivity index (χ4n) is 4.50. The summed E-state index contributed by atoms with van der Waals surface area (Å²) in [6.45, 7) is 0.807. The highest BCUT2D eigenvalue weighted by molar-refractivity contribution is 7.90. The van der Waals surface area contributed by atoms with E-state index in [1.54, 1.807) is 33.3 Å². The molecular weight excluding hydrogens is 483 g/mol. The molecule has 1 fully saturated rings. The predicted molar refractivity (Wildman–Crippen MR) is 134 cm³/mol. The van der Waals surface area contributed by atoms with Gasteiger partial charge in [0.05, 0.1) is 10.6 Å². The molecule has 1 saturated heterocycles. The molecular formula is C26H29FN4O4S. The lowest BCUT2D eigenvalue weighted by Gasteiger charge is -2.26. The van der Waals surface area contributed by atoms with Gasteiger partial charge in [0.25, 0.3) is 15.9 Å². The van der Waals surface area contributed by atoms with Crippen molar-refractivity contribution in [2.24, 2.45) is 0 Å². The molecule has 0 unspecified atom stereocenters. The van der Waals surface area contributed by atoms with Crippen LogP contribution in [-0.4, -0.2) is 67.7 Å². The van der Waals surface area contributed by atoms with Gasteiger partial charge < -0.3 is 15.1 Å². The molecule has 1 atom stereocenters. The molecule has 0 bridgehead atoms. The van der Waals surface area contributed by atoms with Gasteiger partial charge in [-0.2, -0.15) is 0 Å². The average Bonchev–Trinajstić information content (AvgIpc) is 3.52. The van der Waals surface area contributed by atoms with E-state index in [0.717, 1.165) is 3.97 Å². The van der Waals surface area contributed by atoms with Crippen LogP contribution >= 0.6 is 0 Å². The van der Waals surface area contributed by atoms with Crippen LogP contribution in [0.5, 0.6) is 0 Å². The Morgan fingerprint density at radius 2 is 1.86 bits per heavy atom. The Morgan fingerprint density at radius 1 is 1.11 bits per heavy atom. The first-order chi connectivity index (χ1) is 17.1. The highest BCUT2D eigenvalue weighted by atomic mass is 32.2. The number of nitrogens with zero attached hydrogens (tertiary/aromatic N) is 3. The molecule has 0 aliphatic carbocycles. The molecule has 0 spiro atoms. The summed E-state index contributed by atoms with van der Waals surface area (Å²) in [5, 5.41) is 2.98. The monoisotopic (exact) mass is 512 g/mol. The Bertz CT molecular complexity index is 1400. The standard InChI is InChI=1S/C26H29FN4O4S/c1-28-16-18-14-24(21-10-4-5-11-22(21)27)31(17-18)36(34,35)20-9-6-8-19(15-20)25(32)30-13-7-12-23(30)26(33)29(2)3/h4-6,8-11,14-15,17,23,28H,7,12-13,16H2,1-3H3/t23-/m0/s1. The maximum Gasteiger partial charge on any atom is 0.268 e. The van der Waals surface area contributed by atoms with Crippen molar-refractivity contribution in [3.05, 3.63) is 77.7 Å². The molecule has 8 nitrogen and oxygen atoms in total. The molecule has 1 aliphatic rings. The Hall–Kier alpha value is -3.50. The second-order valence-electron chi connectivity index (χ2n) is 8.96. The van der Waals surface area contributed by atoms with E-state index in [2.05, 4.69) is 5.32 Å². The molecule has 0 radical (unpaired) electrons. The van der Waals surface area contributed by atoms with E-state index in [0.29, 0.717) is 31.5 Å². The van der Waals surface area contributed by atoms with Crippen LogP contribution in [0.3, 0.4) is 0 Å². The number of hydrogen-bond donors (Lipinski definition) is 1. The molecule has 2 amide bonds. The van der Waals surface area contributed by atoms with Crippen molar-refractivity contribution in [1.29, 1.82) is 0 Å². The van der Waals surface area contributed by atoms with Gasteiger partial charge in [0.2, 0.25) is 5.91 Å². The zero-order valence-electron chi connectivity index (χ0n) is 20.4. The van der Waals surface area contributed by atoms with Crippen molar-refractivity contribution < 1.29 is 22.4 Å². The van der Waals surface area contributed by atoms with Crippen molar-refractivity contribution in [3.63, 3.8) is 0 Å². The lowest BCUT2D eigenvalue weighted by atomic mass is 10.1. The van der Waals surface area contributed by atoms with Crippen molar-refractivity contribution in [3.8, 4) is 11.3 Å². The van der Waals surface area contributed by atoms with E-state index in [4.69, 9.17) is 0 Å². The van der Waals surface area contributed by atoms with E-state index in [-0.39, 0.29) is 27.6 Å². The summed E-state index contributed by atoms with van der Waals surface area (Å²) < 4.78 is 43.2. The van der Waals surface area contributed by atoms with E-state index >= 15 is 0 Å². The fourth-order valence-corrected chi connectivity index (χ4v) is 5.93. The average molecular weight is 513 g/mol. The summed E-state index contributed by atoms with van der Waals surface area (Å²) >= 11 is 0. The Balaban J connectivity index is 1.74. The van der Waals surface area contributed by atoms with E-state index in [1.807, 2.05) is 0 Å². The van der Waals surface area contributed by atoms with Crippen LogP contribution in [0.1, 0.15) is 28.8 Å². The molecule has 1 aliphatic heterocycles. The molecule has 36 heavy (non-hydrogen) atoms. The first kappa shape index (κ1) is 25.6. The summed E-state index contributed by atoms with van der Waals surface area (Å²) in [4.78, 5) is 28.7. The van der Waals surface area contributed by atoms with Gasteiger partial charge in [-0.15, -0.1) is 0 Å². The number of aromatic nitrogens is 1. The van der Waals surface area contributed by atoms with Crippen molar-refractivity contribution in [1.82, 2.24) is 19.1 Å². The third-order valence-electron chi connectivity index (χ3n) is 6.25. The molecule has 190 valence electrons. The van der Waals surface area contributed by atoms with Crippen molar-refractivity contribution >= 4 is 21.8 Å². The lowest BCUT2D eigenvalue weighted by Crippen LogP contribution is -2.45. The van der Waals surface area contributed by atoms with Gasteiger partial charge in [-0.25, -0.2) is 16.8 Å². The number of hydrogen-bond acceptors (Lipinski definition) is 5. The van der Waals surface area contributed by atoms with E-state index < -0.39 is 27.8 Å². The summed E-state index contributed by atoms with van der Waals surface area (Å²) in [5.41, 5.74) is 1.17. The first-order valence-electron chi connectivity index (χ1n) is 11.6. The minimum Gasteiger partial charge on any atom is -0.347 e. The first-order valence-corrected chi connectivity index (χ1v) is 13.1. The molecule has 1 N–H and O–H groups in total. The van der Waals surface area contributed by atoms with Crippen molar-refractivity contribution in [2.75, 3.05) is 27.7 Å². The van der Waals surface area contributed by atoms with Crippen LogP contribution < -0.4 is 5.32 Å². The van der Waals surface area contributed by atoms with Gasteiger partial charge >= 0.3 is 0 Å². The van der Waals surface area contributed by atoms with Gasteiger partial charge in [-0.1, -0.05) is 18.2 Å². The van der Waals surface area contributed by atoms with Crippen LogP contribution in [-0.2, 0) is 21.4 Å². The Kier molecular flexibility index (Phi) is 7.28. The fraction of sp³-hybridized carbons (Fsp3) is 0.308. The lowest BCUT2D eigenvalue weighted by molar-refractivity contribution is -0.132. The molecule has 2 aromatic carbocycles. The summed E-state index contributed by atoms with van der Waals surface area (Å²) in [7, 11) is 0.838. The van der Waals surface area contributed by atoms with Crippen LogP contribution in [0.4, 0.5) is 4.39 Å². The predicted octanol–water partition coefficient (Wildman–Crippen LogP) is 2.94. The molecule has 3 aromatic rings. The summed E-state index contributed by atoms with van der Waals surface area (Å²) in [6.07, 6.45) is 2.70. The van der Waals surface area contributed by atoms with Gasteiger partial charge in [0.15, 0.2) is 0 Å². The number of halogens is 1. The van der Waals surface area contributed by atoms with Crippen LogP contribution in [0.25, 0.3) is 11.3 Å².